The summed E-state index contributed by atoms with van der Waals surface area (Å²) in [6, 6.07) is 44.8. The molecule has 0 amide bonds. The topological polar surface area (TPSA) is 84.6 Å². The molecule has 5 N–H and O–H groups in total. The molecule has 1 aliphatic carbocycles. The Kier molecular flexibility index (Phi) is 50.4. The van der Waals surface area contributed by atoms with Crippen molar-refractivity contribution in [3.8, 4) is 0 Å². The van der Waals surface area contributed by atoms with E-state index in [2.05, 4.69) is 251 Å². The highest BCUT2D eigenvalue weighted by Crippen LogP contribution is 2.28. The number of nitrogens with one attached hydrogen (secondary N) is 1. The molecule has 0 bridgehead atoms. The van der Waals surface area contributed by atoms with Gasteiger partial charge in [-0.15, -0.1) is 11.3 Å². The van der Waals surface area contributed by atoms with E-state index in [1.165, 1.54) is 89.9 Å². The van der Waals surface area contributed by atoms with Crippen molar-refractivity contribution in [3.63, 3.8) is 0 Å². The van der Waals surface area contributed by atoms with Crippen molar-refractivity contribution in [2.24, 2.45) is 17.4 Å². The molecule has 9 rings (SSSR count). The molecule has 0 spiro atoms. The lowest BCUT2D eigenvalue weighted by Gasteiger charge is -2.33. The van der Waals surface area contributed by atoms with Crippen LogP contribution in [-0.2, 0) is 0 Å². The number of hydrogen-bond acceptors (Lipinski definition) is 6. The molecule has 1 saturated heterocycles. The molecule has 12 heteroatoms. The quantitative estimate of drug-likeness (QED) is 0.0888. The molecule has 550 valence electrons. The minimum atomic E-state index is -0.170. The van der Waals surface area contributed by atoms with Crippen LogP contribution in [0.15, 0.2) is 166 Å². The molecular weight excluding hydrogens is 1390 g/mol. The van der Waals surface area contributed by atoms with E-state index in [1.807, 2.05) is 99.0 Å². The van der Waals surface area contributed by atoms with E-state index < -0.39 is 0 Å². The third kappa shape index (κ3) is 42.4. The van der Waals surface area contributed by atoms with E-state index in [0.717, 1.165) is 48.6 Å². The maximum atomic E-state index is 12.7. The van der Waals surface area contributed by atoms with E-state index in [4.69, 9.17) is 29.6 Å². The Labute approximate surface area is 629 Å². The smallest absolute Gasteiger partial charge is 0.190 e. The van der Waals surface area contributed by atoms with Crippen LogP contribution < -0.4 is 16.8 Å². The molecule has 5 aromatic carbocycles. The fourth-order valence-corrected chi connectivity index (χ4v) is 13.4. The lowest BCUT2D eigenvalue weighted by molar-refractivity contribution is 0.169. The summed E-state index contributed by atoms with van der Waals surface area (Å²) in [6.07, 6.45) is 11.7. The minimum Gasteiger partial charge on any atom is -0.327 e. The summed E-state index contributed by atoms with van der Waals surface area (Å²) in [7, 11) is 0. The van der Waals surface area contributed by atoms with Crippen molar-refractivity contribution in [2.45, 2.75) is 276 Å². The highest BCUT2D eigenvalue weighted by atomic mass is 79.9. The molecule has 1 aliphatic heterocycles. The predicted molar refractivity (Wildman–Crippen MR) is 442 cm³/mol. The van der Waals surface area contributed by atoms with Gasteiger partial charge in [0.15, 0.2) is 5.69 Å². The number of piperidine rings is 1. The normalized spacial score (nSPS) is 14.7. The van der Waals surface area contributed by atoms with Gasteiger partial charge in [0.2, 0.25) is 0 Å². The Bertz CT molecular complexity index is 3120. The number of hydrogen-bond donors (Lipinski definition) is 3. The molecule has 1 saturated carbocycles. The Hall–Kier alpha value is -4.87. The second-order valence-corrected chi connectivity index (χ2v) is 32.1. The van der Waals surface area contributed by atoms with Gasteiger partial charge in [-0.3, -0.25) is 9.88 Å². The van der Waals surface area contributed by atoms with Gasteiger partial charge in [0.05, 0.1) is 12.3 Å². The number of pyridine rings is 1. The Balaban J connectivity index is 0.00000108. The summed E-state index contributed by atoms with van der Waals surface area (Å²) in [5.41, 5.74) is 23.6. The van der Waals surface area contributed by atoms with Crippen LogP contribution in [0, 0.1) is 38.0 Å². The van der Waals surface area contributed by atoms with Crippen molar-refractivity contribution >= 4 is 60.5 Å². The highest BCUT2D eigenvalue weighted by molar-refractivity contribution is 9.10. The first-order valence-corrected chi connectivity index (χ1v) is 39.1. The first-order valence-electron chi connectivity index (χ1n) is 36.2. The van der Waals surface area contributed by atoms with Gasteiger partial charge in [-0.2, -0.15) is 0 Å². The third-order valence-electron chi connectivity index (χ3n) is 16.2. The fourth-order valence-electron chi connectivity index (χ4n) is 10.9. The largest absolute Gasteiger partial charge is 0.327 e. The SMILES string of the molecule is CC(C)=CC(C)C.CC(C)N1CCCC(N)C1.CC(C)NC1CCCCC1N.CC(C)c1cc(F)ccc1Br.CC(C)c1ccccc1Cl.CC(C)c1cccs1.CC(C)c1ncccc1Br.Cc1ccc(F)cc1C(C)C.Cc1ccccc1C(C)C.[C-]#[N+]c1ccccc1C(C)C. The number of aryl methyl sites for hydroxylation is 2. The molecule has 2 fully saturated rings. The number of rotatable bonds is 11. The van der Waals surface area contributed by atoms with Crippen LogP contribution in [0.4, 0.5) is 14.5 Å². The van der Waals surface area contributed by atoms with Crippen molar-refractivity contribution in [3.05, 3.63) is 243 Å². The summed E-state index contributed by atoms with van der Waals surface area (Å²) in [6.45, 7) is 60.7. The number of thiophene rings is 1. The fraction of sp³-hybridized carbons (Fsp3) is 0.517. The maximum Gasteiger partial charge on any atom is 0.190 e. The van der Waals surface area contributed by atoms with Crippen LogP contribution >= 0.6 is 54.8 Å². The first-order chi connectivity index (χ1) is 46.4. The minimum absolute atomic E-state index is 0.140. The van der Waals surface area contributed by atoms with Crippen LogP contribution in [0.5, 0.6) is 0 Å². The van der Waals surface area contributed by atoms with Crippen molar-refractivity contribution in [1.29, 1.82) is 0 Å². The maximum absolute atomic E-state index is 12.7. The van der Waals surface area contributed by atoms with Crippen molar-refractivity contribution < 1.29 is 8.78 Å². The summed E-state index contributed by atoms with van der Waals surface area (Å²) in [5.74, 6) is 3.99. The van der Waals surface area contributed by atoms with Crippen molar-refractivity contribution in [1.82, 2.24) is 15.2 Å². The van der Waals surface area contributed by atoms with Gasteiger partial charge >= 0.3 is 0 Å². The highest BCUT2D eigenvalue weighted by Gasteiger charge is 2.22. The molecule has 99 heavy (non-hydrogen) atoms. The Morgan fingerprint density at radius 2 is 1.09 bits per heavy atom. The number of allylic oxidation sites excluding steroid dienone is 2. The van der Waals surface area contributed by atoms with Crippen LogP contribution in [-0.4, -0.2) is 53.2 Å². The molecule has 2 aromatic heterocycles. The lowest BCUT2D eigenvalue weighted by atomic mass is 9.90. The molecule has 0 radical (unpaired) electrons. The zero-order valence-corrected chi connectivity index (χ0v) is 70.1. The number of likely N-dealkylation sites (tertiary alicyclic amines) is 1. The van der Waals surface area contributed by atoms with E-state index in [-0.39, 0.29) is 11.6 Å². The van der Waals surface area contributed by atoms with Gasteiger partial charge in [0.25, 0.3) is 0 Å². The van der Waals surface area contributed by atoms with Gasteiger partial charge < -0.3 is 16.8 Å². The predicted octanol–water partition coefficient (Wildman–Crippen LogP) is 27.4. The van der Waals surface area contributed by atoms with Crippen LogP contribution in [0.25, 0.3) is 4.85 Å². The molecule has 3 unspecified atom stereocenters. The monoisotopic (exact) mass is 1520 g/mol. The first kappa shape index (κ1) is 94.1. The lowest BCUT2D eigenvalue weighted by Crippen LogP contribution is -2.49. The van der Waals surface area contributed by atoms with E-state index in [1.54, 1.807) is 18.2 Å². The third-order valence-corrected chi connectivity index (χ3v) is 19.1. The van der Waals surface area contributed by atoms with Gasteiger partial charge in [-0.05, 0) is 236 Å². The number of nitrogens with zero attached hydrogens (tertiary/aromatic N) is 3. The number of aromatic nitrogens is 1. The van der Waals surface area contributed by atoms with Crippen LogP contribution in [0.2, 0.25) is 5.02 Å². The average molecular weight is 1530 g/mol. The van der Waals surface area contributed by atoms with Gasteiger partial charge in [0.1, 0.15) is 11.6 Å². The molecule has 7 aromatic rings. The number of benzene rings is 5. The summed E-state index contributed by atoms with van der Waals surface area (Å²) >= 11 is 14.5. The van der Waals surface area contributed by atoms with E-state index >= 15 is 0 Å². The van der Waals surface area contributed by atoms with Gasteiger partial charge in [-0.25, -0.2) is 13.6 Å². The summed E-state index contributed by atoms with van der Waals surface area (Å²) in [5, 5.41) is 6.50. The average Bonchev–Trinajstić information content (AvgIpc) is 1.27. The number of halogens is 5. The number of nitrogens with two attached hydrogens (primary N) is 2. The molecule has 6 nitrogen and oxygen atoms in total. The van der Waals surface area contributed by atoms with E-state index in [0.29, 0.717) is 77.6 Å². The molecule has 3 heterocycles. The zero-order chi connectivity index (χ0) is 75.5. The zero-order valence-electron chi connectivity index (χ0n) is 65.4. The molecular formula is C87H131Br2ClF2N6S. The van der Waals surface area contributed by atoms with Gasteiger partial charge in [0, 0.05) is 61.8 Å². The van der Waals surface area contributed by atoms with Crippen LogP contribution in [0.1, 0.15) is 282 Å². The summed E-state index contributed by atoms with van der Waals surface area (Å²) in [4.78, 5) is 11.6. The standard InChI is InChI=1S/C10H13F.C10H11N.C10H14.C9H10BrF.C9H11Cl.C9H20N2.C8H10BrN.C8H18N2.C7H10S.C7H14/c1-7(2)10-6-9(11)5-4-8(10)3;1-8(2)9-6-4-5-7-10(9)11-3;1-8(2)10-7-5-4-6-9(10)3;1-6(2)8-5-7(11)3-4-9(8)10;1-7(2)8-5-3-4-6-9(8)10;1-7(2)11-9-6-4-3-5-8(9)10;1-6(2)8-7(9)4-3-5-10-8;1-7(2)10-5-3-4-8(9)6-10;1-6(2)7-4-3-5-8-7;1-6(2)5-7(3)4/h4-7H,1-3H3;4-8H,1-2H3;4-8H,1-3H3;3-6H,1-2H3;3-7H,1-2H3;7-9,11H,3-6,10H2,1-2H3;3-6H,1-2H3;7-8H,3-6,9H2,1-2H3;3-6H,1-2H3;5-6H,1-4H3. The Morgan fingerprint density at radius 3 is 1.45 bits per heavy atom. The number of para-hydroxylation sites is 1. The molecule has 3 atom stereocenters. The second-order valence-electron chi connectivity index (χ2n) is 29.0. The summed E-state index contributed by atoms with van der Waals surface area (Å²) < 4.78 is 27.5. The Morgan fingerprint density at radius 1 is 0.576 bits per heavy atom. The van der Waals surface area contributed by atoms with E-state index in [9.17, 15) is 8.78 Å². The van der Waals surface area contributed by atoms with Gasteiger partial charge in [-0.1, -0.05) is 256 Å². The molecule has 2 aliphatic rings. The second kappa shape index (κ2) is 53.0. The van der Waals surface area contributed by atoms with Crippen LogP contribution in [0.3, 0.4) is 0 Å². The van der Waals surface area contributed by atoms with Crippen molar-refractivity contribution in [2.75, 3.05) is 13.1 Å².